The second kappa shape index (κ2) is 18.9. The molecule has 0 fully saturated rings. The number of nitrogens with zero attached hydrogens (tertiary/aromatic N) is 5. The highest BCUT2D eigenvalue weighted by molar-refractivity contribution is 8.34. The Kier molecular flexibility index (Phi) is 11.3. The first-order valence-corrected chi connectivity index (χ1v) is 28.8. The molecule has 0 amide bonds. The molecule has 0 bridgehead atoms. The van der Waals surface area contributed by atoms with Gasteiger partial charge in [-0.15, -0.1) is 20.1 Å². The molecule has 7 heteroatoms. The fourth-order valence-electron chi connectivity index (χ4n) is 11.4. The quantitative estimate of drug-likeness (QED) is 0.130. The van der Waals surface area contributed by atoms with Gasteiger partial charge in [-0.3, -0.25) is 9.13 Å². The molecule has 0 spiro atoms. The highest BCUT2D eigenvalue weighted by atomic mass is 32.3. The standard InChI is InChI=1S/C69H49N5S2/c1-7-27-51(28-8-1)75(52-29-9-2-10-30-52,53-31-11-3-12-32-53)57-39-25-26-50(48-57)67-70-68(73-63-43-22-19-40-59(63)60-41-20-23-44-64(60)73)72-69(71-67)74-65-45-24-21-42-61(65)62-49-58(46-47-66(62)74)76(54-33-13-4-14-34-54,55-35-15-5-16-36-55)56-37-17-6-18-38-56/h1-49H. The predicted octanol–water partition coefficient (Wildman–Crippen LogP) is 18.4. The van der Waals surface area contributed by atoms with Crippen molar-refractivity contribution in [1.82, 2.24) is 24.1 Å². The van der Waals surface area contributed by atoms with Crippen molar-refractivity contribution in [2.75, 3.05) is 0 Å². The van der Waals surface area contributed by atoms with E-state index in [4.69, 9.17) is 15.0 Å². The molecule has 0 saturated carbocycles. The lowest BCUT2D eigenvalue weighted by Gasteiger charge is -2.42. The summed E-state index contributed by atoms with van der Waals surface area (Å²) in [5.41, 5.74) is 4.96. The van der Waals surface area contributed by atoms with Gasteiger partial charge in [0, 0.05) is 66.3 Å². The van der Waals surface area contributed by atoms with Crippen LogP contribution in [0.15, 0.2) is 336 Å². The summed E-state index contributed by atoms with van der Waals surface area (Å²) in [5.74, 6) is 1.65. The summed E-state index contributed by atoms with van der Waals surface area (Å²) in [6.45, 7) is 0. The van der Waals surface area contributed by atoms with E-state index in [9.17, 15) is 0 Å². The predicted molar refractivity (Wildman–Crippen MR) is 314 cm³/mol. The molecule has 0 aliphatic carbocycles. The Bertz CT molecular complexity index is 4150. The molecule has 76 heavy (non-hydrogen) atoms. The fraction of sp³-hybridized carbons (Fsp3) is 0. The van der Waals surface area contributed by atoms with Crippen LogP contribution in [0.25, 0.3) is 66.9 Å². The van der Waals surface area contributed by atoms with Crippen LogP contribution in [0.3, 0.4) is 0 Å². The van der Waals surface area contributed by atoms with Gasteiger partial charge in [-0.25, -0.2) is 0 Å². The van der Waals surface area contributed by atoms with Gasteiger partial charge in [0.15, 0.2) is 5.82 Å². The van der Waals surface area contributed by atoms with Crippen LogP contribution in [-0.4, -0.2) is 24.1 Å². The number of rotatable bonds is 11. The molecule has 11 aromatic carbocycles. The molecular weight excluding hydrogens is 963 g/mol. The smallest absolute Gasteiger partial charge is 0.240 e. The van der Waals surface area contributed by atoms with Gasteiger partial charge in [-0.1, -0.05) is 176 Å². The molecule has 0 atom stereocenters. The van der Waals surface area contributed by atoms with Gasteiger partial charge < -0.3 is 0 Å². The Labute approximate surface area is 444 Å². The summed E-state index contributed by atoms with van der Waals surface area (Å²) in [5, 5.41) is 4.51. The van der Waals surface area contributed by atoms with Crippen LogP contribution in [0.5, 0.6) is 0 Å². The molecular formula is C69H49N5S2. The Balaban J connectivity index is 1.05. The van der Waals surface area contributed by atoms with Crippen molar-refractivity contribution >= 4 is 63.7 Å². The molecule has 0 unspecified atom stereocenters. The molecule has 14 rings (SSSR count). The fourth-order valence-corrected chi connectivity index (χ4v) is 19.2. The van der Waals surface area contributed by atoms with Crippen molar-refractivity contribution in [2.24, 2.45) is 0 Å². The third kappa shape index (κ3) is 7.23. The molecule has 0 aliphatic heterocycles. The van der Waals surface area contributed by atoms with Crippen LogP contribution in [0.1, 0.15) is 0 Å². The largest absolute Gasteiger partial charge is 0.278 e. The van der Waals surface area contributed by atoms with Gasteiger partial charge in [-0.05, 0) is 121 Å². The van der Waals surface area contributed by atoms with E-state index < -0.39 is 20.1 Å². The Morgan fingerprint density at radius 1 is 0.224 bits per heavy atom. The Hall–Kier alpha value is -9.27. The number of para-hydroxylation sites is 3. The molecule has 3 heterocycles. The molecule has 362 valence electrons. The minimum absolute atomic E-state index is 0.534. The molecule has 3 aromatic heterocycles. The Morgan fingerprint density at radius 2 is 0.526 bits per heavy atom. The van der Waals surface area contributed by atoms with E-state index >= 15 is 0 Å². The molecule has 0 aliphatic rings. The number of benzene rings is 11. The summed E-state index contributed by atoms with van der Waals surface area (Å²) in [6, 6.07) is 108. The molecule has 0 N–H and O–H groups in total. The van der Waals surface area contributed by atoms with Crippen LogP contribution >= 0.6 is 20.1 Å². The first-order chi connectivity index (χ1) is 37.7. The second-order valence-electron chi connectivity index (χ2n) is 18.8. The molecule has 0 radical (unpaired) electrons. The third-order valence-corrected chi connectivity index (χ3v) is 22.4. The zero-order chi connectivity index (χ0) is 50.5. The van der Waals surface area contributed by atoms with E-state index in [0.717, 1.165) is 49.2 Å². The van der Waals surface area contributed by atoms with Gasteiger partial charge in [0.2, 0.25) is 11.9 Å². The van der Waals surface area contributed by atoms with E-state index in [0.29, 0.717) is 17.7 Å². The van der Waals surface area contributed by atoms with Gasteiger partial charge in [0.1, 0.15) is 0 Å². The van der Waals surface area contributed by atoms with Crippen LogP contribution in [-0.2, 0) is 0 Å². The van der Waals surface area contributed by atoms with Crippen LogP contribution < -0.4 is 0 Å². The van der Waals surface area contributed by atoms with E-state index in [1.807, 2.05) is 0 Å². The Morgan fingerprint density at radius 3 is 0.908 bits per heavy atom. The SMILES string of the molecule is c1ccc(S(c2ccccc2)(c2ccccc2)c2cccc(-c3nc(-n4c5ccccc5c5ccccc54)nc(-n4c5ccccc5c5cc(S(c6ccccc6)(c6ccccc6)c6ccccc6)ccc54)n3)c2)cc1. The average Bonchev–Trinajstić information content (AvgIpc) is 4.06. The topological polar surface area (TPSA) is 48.5 Å². The number of hydrogen-bond acceptors (Lipinski definition) is 3. The van der Waals surface area contributed by atoms with Crippen molar-refractivity contribution in [2.45, 2.75) is 39.2 Å². The van der Waals surface area contributed by atoms with Gasteiger partial charge in [-0.2, -0.15) is 15.0 Å². The summed E-state index contributed by atoms with van der Waals surface area (Å²) in [7, 11) is -4.00. The molecule has 14 aromatic rings. The van der Waals surface area contributed by atoms with Crippen LogP contribution in [0, 0.1) is 0 Å². The van der Waals surface area contributed by atoms with Gasteiger partial charge in [0.25, 0.3) is 0 Å². The highest BCUT2D eigenvalue weighted by Crippen LogP contribution is 2.75. The number of fused-ring (bicyclic) bond motifs is 6. The van der Waals surface area contributed by atoms with E-state index in [-0.39, 0.29) is 0 Å². The van der Waals surface area contributed by atoms with Gasteiger partial charge >= 0.3 is 0 Å². The van der Waals surface area contributed by atoms with E-state index in [1.165, 1.54) is 39.2 Å². The second-order valence-corrected chi connectivity index (χ2v) is 25.0. The third-order valence-electron chi connectivity index (χ3n) is 14.6. The zero-order valence-corrected chi connectivity index (χ0v) is 43.0. The summed E-state index contributed by atoms with van der Waals surface area (Å²) in [4.78, 5) is 26.7. The lowest BCUT2D eigenvalue weighted by Crippen LogP contribution is -2.10. The zero-order valence-electron chi connectivity index (χ0n) is 41.3. The molecule has 0 saturated heterocycles. The maximum atomic E-state index is 5.61. The van der Waals surface area contributed by atoms with Crippen molar-refractivity contribution in [1.29, 1.82) is 0 Å². The lowest BCUT2D eigenvalue weighted by atomic mass is 10.1. The summed E-state index contributed by atoms with van der Waals surface area (Å²) >= 11 is 0. The van der Waals surface area contributed by atoms with Crippen LogP contribution in [0.2, 0.25) is 0 Å². The first-order valence-electron chi connectivity index (χ1n) is 25.6. The van der Waals surface area contributed by atoms with Crippen molar-refractivity contribution in [3.05, 3.63) is 297 Å². The monoisotopic (exact) mass is 1010 g/mol. The maximum Gasteiger partial charge on any atom is 0.240 e. The van der Waals surface area contributed by atoms with Gasteiger partial charge in [0.05, 0.1) is 22.1 Å². The van der Waals surface area contributed by atoms with Crippen LogP contribution in [0.4, 0.5) is 0 Å². The normalized spacial score (nSPS) is 12.4. The summed E-state index contributed by atoms with van der Waals surface area (Å²) < 4.78 is 4.46. The van der Waals surface area contributed by atoms with E-state index in [2.05, 4.69) is 306 Å². The van der Waals surface area contributed by atoms with Crippen molar-refractivity contribution in [3.8, 4) is 23.3 Å². The van der Waals surface area contributed by atoms with Crippen molar-refractivity contribution < 1.29 is 0 Å². The summed E-state index contributed by atoms with van der Waals surface area (Å²) in [6.07, 6.45) is 0. The first kappa shape index (κ1) is 45.4. The highest BCUT2D eigenvalue weighted by Gasteiger charge is 2.36. The van der Waals surface area contributed by atoms with E-state index in [1.54, 1.807) is 0 Å². The average molecular weight is 1010 g/mol. The molecule has 5 nitrogen and oxygen atoms in total. The maximum absolute atomic E-state index is 5.61. The number of aromatic nitrogens is 5. The van der Waals surface area contributed by atoms with Crippen molar-refractivity contribution in [3.63, 3.8) is 0 Å². The minimum Gasteiger partial charge on any atom is -0.278 e. The number of hydrogen-bond donors (Lipinski definition) is 0. The minimum atomic E-state index is -2.02. The lowest BCUT2D eigenvalue weighted by molar-refractivity contribution is 0.892.